The molecule has 1 aromatic carbocycles. The van der Waals surface area contributed by atoms with Gasteiger partial charge in [0.2, 0.25) is 10.0 Å². The van der Waals surface area contributed by atoms with Crippen LogP contribution >= 0.6 is 11.8 Å². The Labute approximate surface area is 173 Å². The maximum absolute atomic E-state index is 12.9. The summed E-state index contributed by atoms with van der Waals surface area (Å²) in [5, 5.41) is 9.55. The summed E-state index contributed by atoms with van der Waals surface area (Å²) in [7, 11) is -3.52. The number of thioether (sulfide) groups is 1. The summed E-state index contributed by atoms with van der Waals surface area (Å²) >= 11 is 1.60. The average molecular weight is 423 g/mol. The van der Waals surface area contributed by atoms with Gasteiger partial charge in [-0.25, -0.2) is 8.42 Å². The Morgan fingerprint density at radius 3 is 2.50 bits per heavy atom. The zero-order valence-electron chi connectivity index (χ0n) is 17.3. The number of hydrogen-bond acceptors (Lipinski definition) is 5. The van der Waals surface area contributed by atoms with Crippen LogP contribution in [-0.4, -0.2) is 46.3 Å². The molecule has 0 N–H and O–H groups in total. The SMILES string of the molecule is C=C(C)CSc1nnc(-c2cccc(S(=O)(=O)N(CC)CC)c2)n1CC(C)C. The number of benzene rings is 1. The first-order valence-electron chi connectivity index (χ1n) is 9.51. The van der Waals surface area contributed by atoms with Gasteiger partial charge in [0, 0.05) is 31.0 Å². The van der Waals surface area contributed by atoms with Gasteiger partial charge >= 0.3 is 0 Å². The molecule has 1 aromatic heterocycles. The molecule has 6 nitrogen and oxygen atoms in total. The van der Waals surface area contributed by atoms with E-state index in [1.165, 1.54) is 4.31 Å². The Kier molecular flexibility index (Phi) is 7.86. The molecule has 0 unspecified atom stereocenters. The zero-order valence-corrected chi connectivity index (χ0v) is 19.0. The highest BCUT2D eigenvalue weighted by Gasteiger charge is 2.23. The number of hydrogen-bond donors (Lipinski definition) is 0. The van der Waals surface area contributed by atoms with E-state index in [4.69, 9.17) is 0 Å². The standard InChI is InChI=1S/C20H30N4O2S2/c1-7-23(8-2)28(25,26)18-11-9-10-17(12-18)19-21-22-20(27-14-16(5)6)24(19)13-15(3)4/h9-12,15H,5,7-8,13-14H2,1-4,6H3. The predicted octanol–water partition coefficient (Wildman–Crippen LogP) is 4.30. The van der Waals surface area contributed by atoms with Gasteiger partial charge < -0.3 is 4.57 Å². The molecule has 0 aliphatic carbocycles. The Balaban J connectivity index is 2.49. The molecule has 1 heterocycles. The van der Waals surface area contributed by atoms with E-state index in [0.29, 0.717) is 24.8 Å². The molecule has 0 bridgehead atoms. The summed E-state index contributed by atoms with van der Waals surface area (Å²) in [4.78, 5) is 0.281. The highest BCUT2D eigenvalue weighted by molar-refractivity contribution is 7.99. The molecule has 0 saturated heterocycles. The first-order valence-corrected chi connectivity index (χ1v) is 11.9. The van der Waals surface area contributed by atoms with E-state index in [1.807, 2.05) is 26.8 Å². The van der Waals surface area contributed by atoms with Crippen molar-refractivity contribution in [2.24, 2.45) is 5.92 Å². The molecule has 0 atom stereocenters. The van der Waals surface area contributed by atoms with E-state index >= 15 is 0 Å². The second-order valence-corrected chi connectivity index (χ2v) is 10.1. The molecule has 28 heavy (non-hydrogen) atoms. The van der Waals surface area contributed by atoms with Crippen LogP contribution in [0, 0.1) is 5.92 Å². The smallest absolute Gasteiger partial charge is 0.243 e. The fourth-order valence-electron chi connectivity index (χ4n) is 2.83. The van der Waals surface area contributed by atoms with Crippen molar-refractivity contribution in [3.8, 4) is 11.4 Å². The fourth-order valence-corrected chi connectivity index (χ4v) is 5.13. The maximum Gasteiger partial charge on any atom is 0.243 e. The first kappa shape index (κ1) is 22.6. The highest BCUT2D eigenvalue weighted by Crippen LogP contribution is 2.28. The molecule has 154 valence electrons. The topological polar surface area (TPSA) is 68.1 Å². The van der Waals surface area contributed by atoms with Gasteiger partial charge in [-0.1, -0.05) is 63.7 Å². The summed E-state index contributed by atoms with van der Waals surface area (Å²) in [6.07, 6.45) is 0. The average Bonchev–Trinajstić information content (AvgIpc) is 3.02. The highest BCUT2D eigenvalue weighted by atomic mass is 32.2. The molecule has 0 saturated carbocycles. The molecule has 0 spiro atoms. The number of aromatic nitrogens is 3. The van der Waals surface area contributed by atoms with Gasteiger partial charge in [0.1, 0.15) is 0 Å². The fraction of sp³-hybridized carbons (Fsp3) is 0.500. The van der Waals surface area contributed by atoms with E-state index < -0.39 is 10.0 Å². The summed E-state index contributed by atoms with van der Waals surface area (Å²) in [5.41, 5.74) is 1.82. The summed E-state index contributed by atoms with van der Waals surface area (Å²) in [6.45, 7) is 15.5. The summed E-state index contributed by atoms with van der Waals surface area (Å²) in [6, 6.07) is 6.98. The molecule has 0 radical (unpaired) electrons. The lowest BCUT2D eigenvalue weighted by atomic mass is 10.2. The van der Waals surface area contributed by atoms with E-state index in [0.717, 1.165) is 28.6 Å². The Morgan fingerprint density at radius 1 is 1.25 bits per heavy atom. The maximum atomic E-state index is 12.9. The first-order chi connectivity index (χ1) is 13.2. The van der Waals surface area contributed by atoms with Crippen LogP contribution in [0.1, 0.15) is 34.6 Å². The van der Waals surface area contributed by atoms with Crippen molar-refractivity contribution in [3.05, 3.63) is 36.4 Å². The van der Waals surface area contributed by atoms with E-state index in [1.54, 1.807) is 30.0 Å². The van der Waals surface area contributed by atoms with E-state index in [9.17, 15) is 8.42 Å². The molecule has 2 rings (SSSR count). The van der Waals surface area contributed by atoms with Gasteiger partial charge in [-0.3, -0.25) is 0 Å². The molecule has 0 amide bonds. The van der Waals surface area contributed by atoms with Crippen LogP contribution in [0.3, 0.4) is 0 Å². The number of sulfonamides is 1. The molecule has 0 aliphatic rings. The van der Waals surface area contributed by atoms with Gasteiger partial charge in [0.25, 0.3) is 0 Å². The van der Waals surface area contributed by atoms with Gasteiger partial charge in [-0.15, -0.1) is 10.2 Å². The molecule has 0 fully saturated rings. The molecular formula is C20H30N4O2S2. The summed E-state index contributed by atoms with van der Waals surface area (Å²) < 4.78 is 29.3. The second-order valence-electron chi connectivity index (χ2n) is 7.17. The quantitative estimate of drug-likeness (QED) is 0.422. The van der Waals surface area contributed by atoms with Crippen molar-refractivity contribution < 1.29 is 8.42 Å². The Morgan fingerprint density at radius 2 is 1.93 bits per heavy atom. The van der Waals surface area contributed by atoms with Gasteiger partial charge in [0.15, 0.2) is 11.0 Å². The third-order valence-electron chi connectivity index (χ3n) is 4.15. The lowest BCUT2D eigenvalue weighted by Gasteiger charge is -2.19. The predicted molar refractivity (Wildman–Crippen MR) is 116 cm³/mol. The largest absolute Gasteiger partial charge is 0.302 e. The van der Waals surface area contributed by atoms with Crippen LogP contribution in [0.2, 0.25) is 0 Å². The number of nitrogens with zero attached hydrogens (tertiary/aromatic N) is 4. The third-order valence-corrected chi connectivity index (χ3v) is 7.39. The van der Waals surface area contributed by atoms with Crippen LogP contribution in [0.5, 0.6) is 0 Å². The minimum absolute atomic E-state index is 0.281. The zero-order chi connectivity index (χ0) is 20.9. The minimum atomic E-state index is -3.52. The van der Waals surface area contributed by atoms with Crippen molar-refractivity contribution in [1.82, 2.24) is 19.1 Å². The Hall–Kier alpha value is -1.64. The molecular weight excluding hydrogens is 392 g/mol. The monoisotopic (exact) mass is 422 g/mol. The van der Waals surface area contributed by atoms with E-state index in [-0.39, 0.29) is 4.90 Å². The van der Waals surface area contributed by atoms with Crippen molar-refractivity contribution in [2.75, 3.05) is 18.8 Å². The van der Waals surface area contributed by atoms with Crippen molar-refractivity contribution in [3.63, 3.8) is 0 Å². The third kappa shape index (κ3) is 5.24. The van der Waals surface area contributed by atoms with Crippen LogP contribution in [0.25, 0.3) is 11.4 Å². The van der Waals surface area contributed by atoms with Crippen LogP contribution in [0.4, 0.5) is 0 Å². The van der Waals surface area contributed by atoms with Gasteiger partial charge in [-0.05, 0) is 25.0 Å². The second kappa shape index (κ2) is 9.71. The number of rotatable bonds is 10. The van der Waals surface area contributed by atoms with Crippen molar-refractivity contribution in [2.45, 2.75) is 51.2 Å². The molecule has 0 aliphatic heterocycles. The van der Waals surface area contributed by atoms with Crippen LogP contribution < -0.4 is 0 Å². The summed E-state index contributed by atoms with van der Waals surface area (Å²) in [5.74, 6) is 1.86. The van der Waals surface area contributed by atoms with Crippen LogP contribution in [0.15, 0.2) is 46.5 Å². The van der Waals surface area contributed by atoms with Gasteiger partial charge in [0.05, 0.1) is 4.90 Å². The minimum Gasteiger partial charge on any atom is -0.302 e. The normalized spacial score (nSPS) is 12.1. The van der Waals surface area contributed by atoms with Crippen molar-refractivity contribution in [1.29, 1.82) is 0 Å². The lowest BCUT2D eigenvalue weighted by Crippen LogP contribution is -2.30. The molecule has 8 heteroatoms. The van der Waals surface area contributed by atoms with Crippen molar-refractivity contribution >= 4 is 21.8 Å². The van der Waals surface area contributed by atoms with Crippen LogP contribution in [-0.2, 0) is 16.6 Å². The Bertz CT molecular complexity index is 916. The van der Waals surface area contributed by atoms with Gasteiger partial charge in [-0.2, -0.15) is 4.31 Å². The van der Waals surface area contributed by atoms with E-state index in [2.05, 4.69) is 35.2 Å². The molecule has 2 aromatic rings. The lowest BCUT2D eigenvalue weighted by molar-refractivity contribution is 0.445.